The van der Waals surface area contributed by atoms with E-state index in [0.29, 0.717) is 19.7 Å². The van der Waals surface area contributed by atoms with Gasteiger partial charge in [0.25, 0.3) is 0 Å². The topological polar surface area (TPSA) is 63.7 Å². The first-order chi connectivity index (χ1) is 10.7. The van der Waals surface area contributed by atoms with E-state index in [1.165, 1.54) is 19.4 Å². The maximum absolute atomic E-state index is 14.0. The number of rotatable bonds is 4. The van der Waals surface area contributed by atoms with Crippen molar-refractivity contribution >= 4 is 6.03 Å². The molecule has 2 heterocycles. The number of aromatic nitrogens is 1. The predicted octanol–water partition coefficient (Wildman–Crippen LogP) is 1.94. The Morgan fingerprint density at radius 2 is 2.45 bits per heavy atom. The third kappa shape index (κ3) is 4.07. The zero-order chi connectivity index (χ0) is 15.9. The third-order valence-electron chi connectivity index (χ3n) is 3.65. The van der Waals surface area contributed by atoms with E-state index in [1.54, 1.807) is 4.90 Å². The lowest BCUT2D eigenvalue weighted by atomic mass is 10.2. The van der Waals surface area contributed by atoms with Gasteiger partial charge in [0.1, 0.15) is 0 Å². The molecule has 7 heteroatoms. The third-order valence-corrected chi connectivity index (χ3v) is 3.65. The molecule has 0 aliphatic carbocycles. The van der Waals surface area contributed by atoms with Crippen molar-refractivity contribution in [2.75, 3.05) is 26.8 Å². The fourth-order valence-corrected chi connectivity index (χ4v) is 2.35. The summed E-state index contributed by atoms with van der Waals surface area (Å²) in [4.78, 5) is 17.9. The largest absolute Gasteiger partial charge is 0.494 e. The first kappa shape index (κ1) is 16.5. The Morgan fingerprint density at radius 1 is 1.64 bits per heavy atom. The van der Waals surface area contributed by atoms with Crippen molar-refractivity contribution < 1.29 is 18.7 Å². The molecule has 1 unspecified atom stereocenters. The van der Waals surface area contributed by atoms with Gasteiger partial charge in [-0.1, -0.05) is 6.92 Å². The van der Waals surface area contributed by atoms with Gasteiger partial charge in [-0.25, -0.2) is 9.18 Å². The van der Waals surface area contributed by atoms with Gasteiger partial charge in [0.2, 0.25) is 0 Å². The maximum Gasteiger partial charge on any atom is 0.317 e. The van der Waals surface area contributed by atoms with Crippen molar-refractivity contribution in [3.8, 4) is 5.75 Å². The van der Waals surface area contributed by atoms with Gasteiger partial charge in [-0.2, -0.15) is 0 Å². The summed E-state index contributed by atoms with van der Waals surface area (Å²) in [5, 5.41) is 2.71. The van der Waals surface area contributed by atoms with Crippen LogP contribution in [0.4, 0.5) is 9.18 Å². The van der Waals surface area contributed by atoms with Crippen LogP contribution >= 0.6 is 0 Å². The lowest BCUT2D eigenvalue weighted by molar-refractivity contribution is 0.0554. The van der Waals surface area contributed by atoms with E-state index >= 15 is 0 Å². The number of carbonyl (C=O) groups is 1. The van der Waals surface area contributed by atoms with Crippen LogP contribution in [0.5, 0.6) is 5.75 Å². The molecule has 1 fully saturated rings. The van der Waals surface area contributed by atoms with E-state index in [-0.39, 0.29) is 30.1 Å². The number of hydrogen-bond donors (Lipinski definition) is 1. The predicted molar refractivity (Wildman–Crippen MR) is 79.2 cm³/mol. The van der Waals surface area contributed by atoms with Crippen LogP contribution in [-0.2, 0) is 11.3 Å². The number of hydrogen-bond acceptors (Lipinski definition) is 4. The number of amides is 2. The summed E-state index contributed by atoms with van der Waals surface area (Å²) in [6.45, 7) is 3.90. The van der Waals surface area contributed by atoms with Gasteiger partial charge in [0.05, 0.1) is 25.5 Å². The Balaban J connectivity index is 1.94. The summed E-state index contributed by atoms with van der Waals surface area (Å²) in [6.07, 6.45) is 3.17. The fraction of sp³-hybridized carbons (Fsp3) is 0.600. The number of ether oxygens (including phenoxy) is 2. The minimum Gasteiger partial charge on any atom is -0.494 e. The molecule has 1 saturated heterocycles. The Hall–Kier alpha value is -1.89. The average molecular weight is 311 g/mol. The molecular formula is C15H22FN3O3. The summed E-state index contributed by atoms with van der Waals surface area (Å²) in [5.41, 5.74) is 0.158. The van der Waals surface area contributed by atoms with Crippen molar-refractivity contribution in [2.45, 2.75) is 32.4 Å². The highest BCUT2D eigenvalue weighted by atomic mass is 19.1. The molecule has 1 aromatic rings. The van der Waals surface area contributed by atoms with Crippen molar-refractivity contribution in [2.24, 2.45) is 0 Å². The minimum absolute atomic E-state index is 0.0238. The number of nitrogens with zero attached hydrogens (tertiary/aromatic N) is 2. The molecule has 2 amide bonds. The maximum atomic E-state index is 14.0. The lowest BCUT2D eigenvalue weighted by Gasteiger charge is -2.23. The first-order valence-corrected chi connectivity index (χ1v) is 7.47. The second-order valence-electron chi connectivity index (χ2n) is 5.13. The van der Waals surface area contributed by atoms with Crippen LogP contribution < -0.4 is 10.1 Å². The molecule has 1 atom stereocenters. The van der Waals surface area contributed by atoms with Crippen LogP contribution in [-0.4, -0.2) is 48.8 Å². The first-order valence-electron chi connectivity index (χ1n) is 7.47. The number of urea groups is 1. The van der Waals surface area contributed by atoms with Crippen molar-refractivity contribution in [1.29, 1.82) is 0 Å². The Labute approximate surface area is 129 Å². The van der Waals surface area contributed by atoms with E-state index in [4.69, 9.17) is 9.47 Å². The molecule has 0 spiro atoms. The van der Waals surface area contributed by atoms with Crippen LogP contribution in [0.2, 0.25) is 0 Å². The molecule has 1 aliphatic rings. The van der Waals surface area contributed by atoms with Gasteiger partial charge < -0.3 is 19.7 Å². The highest BCUT2D eigenvalue weighted by Gasteiger charge is 2.21. The number of nitrogens with one attached hydrogen (secondary N) is 1. The molecule has 2 rings (SSSR count). The summed E-state index contributed by atoms with van der Waals surface area (Å²) in [7, 11) is 1.39. The molecule has 1 N–H and O–H groups in total. The molecule has 22 heavy (non-hydrogen) atoms. The van der Waals surface area contributed by atoms with Crippen LogP contribution in [0.1, 0.15) is 25.5 Å². The van der Waals surface area contributed by atoms with Gasteiger partial charge in [0, 0.05) is 32.0 Å². The monoisotopic (exact) mass is 311 g/mol. The smallest absolute Gasteiger partial charge is 0.317 e. The van der Waals surface area contributed by atoms with Crippen LogP contribution in [0, 0.1) is 5.82 Å². The van der Waals surface area contributed by atoms with Gasteiger partial charge in [-0.3, -0.25) is 4.98 Å². The van der Waals surface area contributed by atoms with Crippen LogP contribution in [0.25, 0.3) is 0 Å². The molecule has 0 saturated carbocycles. The Morgan fingerprint density at radius 3 is 3.18 bits per heavy atom. The second-order valence-corrected chi connectivity index (χ2v) is 5.13. The standard InChI is InChI=1S/C15H22FN3O3/c1-3-11-10-19(7-4-8-22-11)15(20)18-9-12-14(16)13(21-2)5-6-17-12/h5-6,11H,3-4,7-10H2,1-2H3,(H,18,20). The molecule has 1 aliphatic heterocycles. The fourth-order valence-electron chi connectivity index (χ4n) is 2.35. The SMILES string of the molecule is CCC1CN(C(=O)NCc2nccc(OC)c2F)CCCO1. The molecule has 1 aromatic heterocycles. The van der Waals surface area contributed by atoms with Gasteiger partial charge >= 0.3 is 6.03 Å². The molecule has 0 radical (unpaired) electrons. The van der Waals surface area contributed by atoms with E-state index in [0.717, 1.165) is 12.8 Å². The molecule has 0 aromatic carbocycles. The molecule has 6 nitrogen and oxygen atoms in total. The van der Waals surface area contributed by atoms with Crippen LogP contribution in [0.15, 0.2) is 12.3 Å². The Bertz CT molecular complexity index is 513. The second kappa shape index (κ2) is 7.93. The van der Waals surface area contributed by atoms with Crippen LogP contribution in [0.3, 0.4) is 0 Å². The highest BCUT2D eigenvalue weighted by Crippen LogP contribution is 2.17. The van der Waals surface area contributed by atoms with E-state index in [2.05, 4.69) is 10.3 Å². The number of carbonyl (C=O) groups excluding carboxylic acids is 1. The van der Waals surface area contributed by atoms with E-state index < -0.39 is 5.82 Å². The Kier molecular flexibility index (Phi) is 5.94. The molecular weight excluding hydrogens is 289 g/mol. The van der Waals surface area contributed by atoms with Gasteiger partial charge in [-0.05, 0) is 12.8 Å². The van der Waals surface area contributed by atoms with E-state index in [1.807, 2.05) is 6.92 Å². The van der Waals surface area contributed by atoms with Crippen molar-refractivity contribution in [3.63, 3.8) is 0 Å². The summed E-state index contributed by atoms with van der Waals surface area (Å²) in [5.74, 6) is -0.426. The van der Waals surface area contributed by atoms with Gasteiger partial charge in [0.15, 0.2) is 11.6 Å². The van der Waals surface area contributed by atoms with E-state index in [9.17, 15) is 9.18 Å². The zero-order valence-corrected chi connectivity index (χ0v) is 13.0. The van der Waals surface area contributed by atoms with Crippen molar-refractivity contribution in [3.05, 3.63) is 23.8 Å². The lowest BCUT2D eigenvalue weighted by Crippen LogP contribution is -2.43. The molecule has 122 valence electrons. The summed E-state index contributed by atoms with van der Waals surface area (Å²) in [6, 6.07) is 1.21. The number of methoxy groups -OCH3 is 1. The number of pyridine rings is 1. The molecule has 0 bridgehead atoms. The normalized spacial score (nSPS) is 18.7. The minimum atomic E-state index is -0.545. The summed E-state index contributed by atoms with van der Waals surface area (Å²) < 4.78 is 24.5. The van der Waals surface area contributed by atoms with Crippen molar-refractivity contribution in [1.82, 2.24) is 15.2 Å². The number of halogens is 1. The highest BCUT2D eigenvalue weighted by molar-refractivity contribution is 5.74. The summed E-state index contributed by atoms with van der Waals surface area (Å²) >= 11 is 0. The van der Waals surface area contributed by atoms with Gasteiger partial charge in [-0.15, -0.1) is 0 Å². The average Bonchev–Trinajstić information content (AvgIpc) is 2.79. The zero-order valence-electron chi connectivity index (χ0n) is 13.0. The quantitative estimate of drug-likeness (QED) is 0.923.